The molecule has 1 aromatic rings. The molecule has 1 fully saturated rings. The number of rotatable bonds is 1. The Balaban J connectivity index is 2.22. The van der Waals surface area contributed by atoms with E-state index >= 15 is 0 Å². The Morgan fingerprint density at radius 1 is 1.64 bits per heavy atom. The van der Waals surface area contributed by atoms with Gasteiger partial charge in [0.05, 0.1) is 17.6 Å². The standard InChI is InChI=1S/C9H9FN2OS/c10-8-5-11-2-1-7(8)9(13)12-3-4-14-6-12/h1-2,5H,3-4,6H2. The molecule has 1 aromatic heterocycles. The number of pyridine rings is 1. The topological polar surface area (TPSA) is 33.2 Å². The smallest absolute Gasteiger partial charge is 0.257 e. The predicted molar refractivity (Wildman–Crippen MR) is 52.6 cm³/mol. The van der Waals surface area contributed by atoms with Gasteiger partial charge in [-0.3, -0.25) is 9.78 Å². The molecule has 0 aromatic carbocycles. The van der Waals surface area contributed by atoms with Gasteiger partial charge in [0.2, 0.25) is 0 Å². The third-order valence-corrected chi connectivity index (χ3v) is 3.01. The van der Waals surface area contributed by atoms with Crippen LogP contribution in [0.15, 0.2) is 18.5 Å². The molecule has 14 heavy (non-hydrogen) atoms. The highest BCUT2D eigenvalue weighted by Crippen LogP contribution is 2.17. The highest BCUT2D eigenvalue weighted by molar-refractivity contribution is 7.99. The number of hydrogen-bond donors (Lipinski definition) is 0. The number of halogens is 1. The third-order valence-electron chi connectivity index (χ3n) is 2.04. The van der Waals surface area contributed by atoms with Crippen molar-refractivity contribution in [2.75, 3.05) is 18.2 Å². The summed E-state index contributed by atoms with van der Waals surface area (Å²) >= 11 is 1.68. The van der Waals surface area contributed by atoms with Gasteiger partial charge in [-0.05, 0) is 6.07 Å². The lowest BCUT2D eigenvalue weighted by molar-refractivity contribution is 0.0798. The number of thioether (sulfide) groups is 1. The van der Waals surface area contributed by atoms with Crippen LogP contribution in [-0.4, -0.2) is 34.0 Å². The van der Waals surface area contributed by atoms with Crippen molar-refractivity contribution in [3.63, 3.8) is 0 Å². The SMILES string of the molecule is O=C(c1ccncc1F)N1CCSC1. The fourth-order valence-corrected chi connectivity index (χ4v) is 2.24. The van der Waals surface area contributed by atoms with Crippen LogP contribution in [0.5, 0.6) is 0 Å². The summed E-state index contributed by atoms with van der Waals surface area (Å²) in [6, 6.07) is 1.42. The van der Waals surface area contributed by atoms with Gasteiger partial charge in [0.15, 0.2) is 5.82 Å². The summed E-state index contributed by atoms with van der Waals surface area (Å²) in [6.07, 6.45) is 2.50. The van der Waals surface area contributed by atoms with E-state index in [2.05, 4.69) is 4.98 Å². The second-order valence-corrected chi connectivity index (χ2v) is 4.04. The minimum atomic E-state index is -0.547. The summed E-state index contributed by atoms with van der Waals surface area (Å²) in [7, 11) is 0. The maximum atomic E-state index is 13.2. The first kappa shape index (κ1) is 9.45. The van der Waals surface area contributed by atoms with E-state index < -0.39 is 5.82 Å². The molecule has 0 bridgehead atoms. The minimum absolute atomic E-state index is 0.113. The van der Waals surface area contributed by atoms with E-state index in [-0.39, 0.29) is 11.5 Å². The van der Waals surface area contributed by atoms with Gasteiger partial charge in [0.1, 0.15) is 0 Å². The van der Waals surface area contributed by atoms with Gasteiger partial charge in [-0.2, -0.15) is 0 Å². The molecule has 0 spiro atoms. The molecular formula is C9H9FN2OS. The van der Waals surface area contributed by atoms with Gasteiger partial charge in [0, 0.05) is 18.5 Å². The molecule has 74 valence electrons. The van der Waals surface area contributed by atoms with Crippen LogP contribution in [0, 0.1) is 5.82 Å². The number of hydrogen-bond acceptors (Lipinski definition) is 3. The quantitative estimate of drug-likeness (QED) is 0.705. The van der Waals surface area contributed by atoms with E-state index in [1.807, 2.05) is 0 Å². The number of aromatic nitrogens is 1. The Bertz CT molecular complexity index is 352. The fourth-order valence-electron chi connectivity index (χ4n) is 1.29. The van der Waals surface area contributed by atoms with Crippen LogP contribution < -0.4 is 0 Å². The van der Waals surface area contributed by atoms with Gasteiger partial charge in [-0.25, -0.2) is 4.39 Å². The van der Waals surface area contributed by atoms with Crippen molar-refractivity contribution in [3.05, 3.63) is 29.8 Å². The van der Waals surface area contributed by atoms with E-state index in [9.17, 15) is 9.18 Å². The molecule has 0 aliphatic carbocycles. The van der Waals surface area contributed by atoms with Gasteiger partial charge >= 0.3 is 0 Å². The Hall–Kier alpha value is -1.10. The van der Waals surface area contributed by atoms with E-state index in [4.69, 9.17) is 0 Å². The average Bonchev–Trinajstić information content (AvgIpc) is 2.70. The number of nitrogens with zero attached hydrogens (tertiary/aromatic N) is 2. The second kappa shape index (κ2) is 3.96. The first-order chi connectivity index (χ1) is 6.79. The Labute approximate surface area is 85.3 Å². The third kappa shape index (κ3) is 1.72. The molecule has 2 rings (SSSR count). The van der Waals surface area contributed by atoms with Crippen molar-refractivity contribution in [1.82, 2.24) is 9.88 Å². The zero-order valence-electron chi connectivity index (χ0n) is 7.44. The van der Waals surface area contributed by atoms with Crippen LogP contribution in [0.25, 0.3) is 0 Å². The summed E-state index contributed by atoms with van der Waals surface area (Å²) in [5.74, 6) is 0.795. The molecule has 0 unspecified atom stereocenters. The Kier molecular flexibility index (Phi) is 2.67. The maximum Gasteiger partial charge on any atom is 0.257 e. The van der Waals surface area contributed by atoms with Crippen molar-refractivity contribution < 1.29 is 9.18 Å². The first-order valence-electron chi connectivity index (χ1n) is 4.25. The molecule has 1 saturated heterocycles. The largest absolute Gasteiger partial charge is 0.328 e. The summed E-state index contributed by atoms with van der Waals surface area (Å²) in [6.45, 7) is 0.700. The molecule has 1 aliphatic heterocycles. The average molecular weight is 212 g/mol. The van der Waals surface area contributed by atoms with Gasteiger partial charge in [-0.1, -0.05) is 0 Å². The summed E-state index contributed by atoms with van der Waals surface area (Å²) in [5, 5.41) is 0. The lowest BCUT2D eigenvalue weighted by Gasteiger charge is -2.14. The van der Waals surface area contributed by atoms with Crippen LogP contribution in [0.3, 0.4) is 0 Å². The molecular weight excluding hydrogens is 203 g/mol. The van der Waals surface area contributed by atoms with E-state index in [1.165, 1.54) is 12.3 Å². The number of carbonyl (C=O) groups is 1. The fraction of sp³-hybridized carbons (Fsp3) is 0.333. The van der Waals surface area contributed by atoms with Crippen molar-refractivity contribution in [2.24, 2.45) is 0 Å². The van der Waals surface area contributed by atoms with E-state index in [0.29, 0.717) is 12.4 Å². The summed E-state index contributed by atoms with van der Waals surface area (Å²) in [5.41, 5.74) is 0.113. The van der Waals surface area contributed by atoms with Crippen LogP contribution >= 0.6 is 11.8 Å². The maximum absolute atomic E-state index is 13.2. The molecule has 2 heterocycles. The molecule has 0 atom stereocenters. The second-order valence-electron chi connectivity index (χ2n) is 2.96. The highest BCUT2D eigenvalue weighted by atomic mass is 32.2. The molecule has 0 saturated carbocycles. The van der Waals surface area contributed by atoms with Crippen LogP contribution in [0.4, 0.5) is 4.39 Å². The van der Waals surface area contributed by atoms with E-state index in [0.717, 1.165) is 11.9 Å². The van der Waals surface area contributed by atoms with Crippen LogP contribution in [0.2, 0.25) is 0 Å². The normalized spacial score (nSPS) is 15.9. The van der Waals surface area contributed by atoms with Crippen molar-refractivity contribution >= 4 is 17.7 Å². The molecule has 1 amide bonds. The van der Waals surface area contributed by atoms with E-state index in [1.54, 1.807) is 16.7 Å². The zero-order chi connectivity index (χ0) is 9.97. The summed E-state index contributed by atoms with van der Waals surface area (Å²) < 4.78 is 13.2. The highest BCUT2D eigenvalue weighted by Gasteiger charge is 2.21. The van der Waals surface area contributed by atoms with Crippen LogP contribution in [0.1, 0.15) is 10.4 Å². The van der Waals surface area contributed by atoms with Crippen LogP contribution in [-0.2, 0) is 0 Å². The number of carbonyl (C=O) groups excluding carboxylic acids is 1. The Morgan fingerprint density at radius 3 is 3.14 bits per heavy atom. The Morgan fingerprint density at radius 2 is 2.50 bits per heavy atom. The molecule has 0 N–H and O–H groups in total. The van der Waals surface area contributed by atoms with Gasteiger partial charge in [0.25, 0.3) is 5.91 Å². The molecule has 1 aliphatic rings. The molecule has 5 heteroatoms. The van der Waals surface area contributed by atoms with Crippen molar-refractivity contribution in [3.8, 4) is 0 Å². The van der Waals surface area contributed by atoms with Gasteiger partial charge < -0.3 is 4.90 Å². The minimum Gasteiger partial charge on any atom is -0.328 e. The zero-order valence-corrected chi connectivity index (χ0v) is 8.26. The number of amides is 1. The van der Waals surface area contributed by atoms with Crippen molar-refractivity contribution in [2.45, 2.75) is 0 Å². The lowest BCUT2D eigenvalue weighted by Crippen LogP contribution is -2.28. The molecule has 3 nitrogen and oxygen atoms in total. The molecule has 0 radical (unpaired) electrons. The van der Waals surface area contributed by atoms with Crippen molar-refractivity contribution in [1.29, 1.82) is 0 Å². The first-order valence-corrected chi connectivity index (χ1v) is 5.41. The predicted octanol–water partition coefficient (Wildman–Crippen LogP) is 1.37. The monoisotopic (exact) mass is 212 g/mol. The summed E-state index contributed by atoms with van der Waals surface area (Å²) in [4.78, 5) is 17.0. The van der Waals surface area contributed by atoms with Gasteiger partial charge in [-0.15, -0.1) is 11.8 Å². The lowest BCUT2D eigenvalue weighted by atomic mass is 10.2.